The van der Waals surface area contributed by atoms with E-state index in [1.807, 2.05) is 6.92 Å². The number of nitrogens with two attached hydrogens (primary N) is 1. The van der Waals surface area contributed by atoms with Crippen LogP contribution in [-0.2, 0) is 9.53 Å². The number of ether oxygens (including phenoxy) is 1. The second-order valence-electron chi connectivity index (χ2n) is 4.19. The van der Waals surface area contributed by atoms with Crippen molar-refractivity contribution in [1.29, 1.82) is 0 Å². The lowest BCUT2D eigenvalue weighted by Gasteiger charge is -2.25. The van der Waals surface area contributed by atoms with Crippen LogP contribution in [0.15, 0.2) is 0 Å². The van der Waals surface area contributed by atoms with Gasteiger partial charge in [0.1, 0.15) is 0 Å². The lowest BCUT2D eigenvalue weighted by molar-refractivity contribution is -0.150. The van der Waals surface area contributed by atoms with E-state index in [9.17, 15) is 4.79 Å². The topological polar surface area (TPSA) is 52.3 Å². The second-order valence-corrected chi connectivity index (χ2v) is 4.19. The van der Waals surface area contributed by atoms with Crippen molar-refractivity contribution in [3.8, 4) is 0 Å². The van der Waals surface area contributed by atoms with Crippen LogP contribution in [0, 0.1) is 17.8 Å². The van der Waals surface area contributed by atoms with Gasteiger partial charge in [-0.25, -0.2) is 0 Å². The van der Waals surface area contributed by atoms with Gasteiger partial charge in [0, 0.05) is 6.04 Å². The molecule has 0 aromatic carbocycles. The van der Waals surface area contributed by atoms with E-state index >= 15 is 0 Å². The SMILES string of the molecule is CCOC(=O)[C@@H]1[C@@H]2CC[C@H](C2)[C@@H]1N. The Balaban J connectivity index is 2.03. The van der Waals surface area contributed by atoms with Crippen molar-refractivity contribution in [2.24, 2.45) is 23.5 Å². The van der Waals surface area contributed by atoms with Gasteiger partial charge in [-0.1, -0.05) is 0 Å². The highest BCUT2D eigenvalue weighted by atomic mass is 16.5. The predicted octanol–water partition coefficient (Wildman–Crippen LogP) is 0.923. The summed E-state index contributed by atoms with van der Waals surface area (Å²) in [4.78, 5) is 11.5. The van der Waals surface area contributed by atoms with Gasteiger partial charge in [-0.3, -0.25) is 4.79 Å². The molecule has 0 heterocycles. The van der Waals surface area contributed by atoms with Gasteiger partial charge in [-0.15, -0.1) is 0 Å². The summed E-state index contributed by atoms with van der Waals surface area (Å²) >= 11 is 0. The molecule has 2 N–H and O–H groups in total. The van der Waals surface area contributed by atoms with Crippen molar-refractivity contribution in [3.63, 3.8) is 0 Å². The zero-order valence-electron chi connectivity index (χ0n) is 8.03. The minimum atomic E-state index is -0.0674. The number of esters is 1. The summed E-state index contributed by atoms with van der Waals surface area (Å²) in [7, 11) is 0. The van der Waals surface area contributed by atoms with Gasteiger partial charge in [-0.05, 0) is 38.0 Å². The van der Waals surface area contributed by atoms with Crippen LogP contribution >= 0.6 is 0 Å². The number of carbonyl (C=O) groups is 1. The molecule has 0 radical (unpaired) electrons. The number of carbonyl (C=O) groups excluding carboxylic acids is 1. The summed E-state index contributed by atoms with van der Waals surface area (Å²) in [6, 6.07) is 0.0674. The Hall–Kier alpha value is -0.570. The van der Waals surface area contributed by atoms with Crippen LogP contribution in [0.5, 0.6) is 0 Å². The first-order valence-corrected chi connectivity index (χ1v) is 5.16. The third-order valence-electron chi connectivity index (χ3n) is 3.54. The number of fused-ring (bicyclic) bond motifs is 2. The Kier molecular flexibility index (Phi) is 2.28. The van der Waals surface area contributed by atoms with E-state index in [1.54, 1.807) is 0 Å². The predicted molar refractivity (Wildman–Crippen MR) is 48.9 cm³/mol. The fourth-order valence-electron chi connectivity index (χ4n) is 2.92. The van der Waals surface area contributed by atoms with E-state index < -0.39 is 0 Å². The van der Waals surface area contributed by atoms with E-state index in [0.29, 0.717) is 18.4 Å². The van der Waals surface area contributed by atoms with Crippen molar-refractivity contribution in [2.75, 3.05) is 6.61 Å². The molecule has 3 nitrogen and oxygen atoms in total. The molecule has 4 atom stereocenters. The first-order chi connectivity index (χ1) is 6.24. The molecule has 0 aromatic rings. The molecule has 2 aliphatic carbocycles. The Morgan fingerprint density at radius 3 is 2.69 bits per heavy atom. The molecule has 0 aromatic heterocycles. The zero-order valence-corrected chi connectivity index (χ0v) is 8.03. The molecule has 2 fully saturated rings. The average Bonchev–Trinajstić information content (AvgIpc) is 2.63. The van der Waals surface area contributed by atoms with Crippen molar-refractivity contribution >= 4 is 5.97 Å². The number of hydrogen-bond acceptors (Lipinski definition) is 3. The highest BCUT2D eigenvalue weighted by Crippen LogP contribution is 2.47. The summed E-state index contributed by atoms with van der Waals surface area (Å²) in [5, 5.41) is 0. The molecular weight excluding hydrogens is 166 g/mol. The van der Waals surface area contributed by atoms with Crippen molar-refractivity contribution in [3.05, 3.63) is 0 Å². The third-order valence-corrected chi connectivity index (χ3v) is 3.54. The highest BCUT2D eigenvalue weighted by molar-refractivity contribution is 5.74. The molecule has 2 saturated carbocycles. The highest BCUT2D eigenvalue weighted by Gasteiger charge is 2.49. The fraction of sp³-hybridized carbons (Fsp3) is 0.900. The first kappa shape index (κ1) is 9.00. The van der Waals surface area contributed by atoms with Gasteiger partial charge >= 0.3 is 5.97 Å². The molecule has 74 valence electrons. The molecule has 13 heavy (non-hydrogen) atoms. The monoisotopic (exact) mass is 183 g/mol. The molecule has 0 unspecified atom stereocenters. The van der Waals surface area contributed by atoms with Crippen LogP contribution in [0.25, 0.3) is 0 Å². The van der Waals surface area contributed by atoms with Crippen LogP contribution in [-0.4, -0.2) is 18.6 Å². The van der Waals surface area contributed by atoms with Gasteiger partial charge in [0.05, 0.1) is 12.5 Å². The van der Waals surface area contributed by atoms with Crippen molar-refractivity contribution in [2.45, 2.75) is 32.2 Å². The van der Waals surface area contributed by atoms with Crippen LogP contribution < -0.4 is 5.73 Å². The molecule has 2 bridgehead atoms. The lowest BCUT2D eigenvalue weighted by atomic mass is 9.85. The number of hydrogen-bond donors (Lipinski definition) is 1. The Morgan fingerprint density at radius 2 is 2.15 bits per heavy atom. The van der Waals surface area contributed by atoms with Gasteiger partial charge in [0.15, 0.2) is 0 Å². The fourth-order valence-corrected chi connectivity index (χ4v) is 2.92. The standard InChI is InChI=1S/C10H17NO2/c1-2-13-10(12)8-6-3-4-7(5-6)9(8)11/h6-9H,2-5,11H2,1H3/t6-,7-,8-,9+/m1/s1. The summed E-state index contributed by atoms with van der Waals surface area (Å²) < 4.78 is 5.03. The van der Waals surface area contributed by atoms with Gasteiger partial charge in [0.2, 0.25) is 0 Å². The maximum atomic E-state index is 11.5. The first-order valence-electron chi connectivity index (χ1n) is 5.16. The van der Waals surface area contributed by atoms with E-state index in [-0.39, 0.29) is 17.9 Å². The molecule has 3 heteroatoms. The van der Waals surface area contributed by atoms with E-state index in [2.05, 4.69) is 0 Å². The normalized spacial score (nSPS) is 42.3. The zero-order chi connectivity index (χ0) is 9.42. The third kappa shape index (κ3) is 1.35. The van der Waals surface area contributed by atoms with Gasteiger partial charge in [-0.2, -0.15) is 0 Å². The minimum Gasteiger partial charge on any atom is -0.466 e. The van der Waals surface area contributed by atoms with Crippen molar-refractivity contribution in [1.82, 2.24) is 0 Å². The van der Waals surface area contributed by atoms with Crippen molar-refractivity contribution < 1.29 is 9.53 Å². The minimum absolute atomic E-state index is 0.00120. The molecule has 0 aliphatic heterocycles. The van der Waals surface area contributed by atoms with E-state index in [0.717, 1.165) is 6.42 Å². The molecule has 0 spiro atoms. The summed E-state index contributed by atoms with van der Waals surface area (Å²) in [6.45, 7) is 2.32. The van der Waals surface area contributed by atoms with Gasteiger partial charge < -0.3 is 10.5 Å². The average molecular weight is 183 g/mol. The summed E-state index contributed by atoms with van der Waals surface area (Å²) in [5.74, 6) is 1.03. The lowest BCUT2D eigenvalue weighted by Crippen LogP contribution is -2.41. The Bertz CT molecular complexity index is 215. The molecule has 2 rings (SSSR count). The summed E-state index contributed by atoms with van der Waals surface area (Å²) in [6.07, 6.45) is 3.52. The maximum Gasteiger partial charge on any atom is 0.310 e. The molecular formula is C10H17NO2. The summed E-state index contributed by atoms with van der Waals surface area (Å²) in [5.41, 5.74) is 5.99. The molecule has 0 saturated heterocycles. The maximum absolute atomic E-state index is 11.5. The van der Waals surface area contributed by atoms with E-state index in [1.165, 1.54) is 12.8 Å². The van der Waals surface area contributed by atoms with Gasteiger partial charge in [0.25, 0.3) is 0 Å². The van der Waals surface area contributed by atoms with E-state index in [4.69, 9.17) is 10.5 Å². The second kappa shape index (κ2) is 3.29. The quantitative estimate of drug-likeness (QED) is 0.648. The number of rotatable bonds is 2. The smallest absolute Gasteiger partial charge is 0.310 e. The largest absolute Gasteiger partial charge is 0.466 e. The van der Waals surface area contributed by atoms with Crippen LogP contribution in [0.1, 0.15) is 26.2 Å². The van der Waals surface area contributed by atoms with Crippen LogP contribution in [0.3, 0.4) is 0 Å². The Morgan fingerprint density at radius 1 is 1.46 bits per heavy atom. The Labute approximate surface area is 78.6 Å². The van der Waals surface area contributed by atoms with Crippen LogP contribution in [0.4, 0.5) is 0 Å². The van der Waals surface area contributed by atoms with Crippen LogP contribution in [0.2, 0.25) is 0 Å². The molecule has 0 amide bonds. The molecule has 2 aliphatic rings.